The van der Waals surface area contributed by atoms with Gasteiger partial charge in [0.15, 0.2) is 38.1 Å². The molecule has 758 valence electrons. The van der Waals surface area contributed by atoms with E-state index in [4.69, 9.17) is 48.7 Å². The number of halogens is 17. The number of alkyl halides is 15. The van der Waals surface area contributed by atoms with E-state index in [9.17, 15) is 71.1 Å². The van der Waals surface area contributed by atoms with Crippen molar-refractivity contribution in [3.05, 3.63) is 334 Å². The fourth-order valence-electron chi connectivity index (χ4n) is 12.9. The molecule has 0 fully saturated rings. The number of nitrogens with zero attached hydrogens (tertiary/aromatic N) is 25. The zero-order chi connectivity index (χ0) is 106. The molecule has 1 aliphatic rings. The Bertz CT molecular complexity index is 7680. The van der Waals surface area contributed by atoms with Crippen molar-refractivity contribution in [2.45, 2.75) is 155 Å². The molecule has 30 nitrogen and oxygen atoms in total. The number of ether oxygens (including phenoxy) is 2. The number of aromatic nitrogens is 20. The molecule has 0 atom stereocenters. The molecule has 18 rings (SSSR count). The van der Waals surface area contributed by atoms with Crippen molar-refractivity contribution in [1.82, 2.24) is 100 Å². The van der Waals surface area contributed by atoms with Crippen molar-refractivity contribution in [3.63, 3.8) is 0 Å². The van der Waals surface area contributed by atoms with Crippen LogP contribution in [0.4, 0.5) is 77.2 Å². The fraction of sp³-hybridized carbons (Fsp3) is 0.149. The number of aromatic amines is 2. The lowest BCUT2D eigenvalue weighted by atomic mass is 10.0. The molecule has 10 aromatic heterocycles. The molecule has 3 N–H and O–H groups in total. The Balaban J connectivity index is 0.000000150. The van der Waals surface area contributed by atoms with E-state index in [1.165, 1.54) is 64.9 Å². The number of nitrogens with one attached hydrogen (secondary N) is 3. The quantitative estimate of drug-likeness (QED) is 0.00862. The van der Waals surface area contributed by atoms with Crippen molar-refractivity contribution < 1.29 is 75.3 Å². The summed E-state index contributed by atoms with van der Waals surface area (Å²) in [5, 5.41) is 44.6. The van der Waals surface area contributed by atoms with Gasteiger partial charge in [0.05, 0.1) is 40.1 Å². The van der Waals surface area contributed by atoms with Gasteiger partial charge < -0.3 is 14.9 Å². The highest BCUT2D eigenvalue weighted by atomic mass is 35.5. The summed E-state index contributed by atoms with van der Waals surface area (Å²) in [4.78, 5) is 62.3. The average Bonchev–Trinajstić information content (AvgIpc) is 1.58. The molecule has 0 saturated carbocycles. The van der Waals surface area contributed by atoms with E-state index in [1.54, 1.807) is 84.8 Å². The molecule has 55 heteroatoms. The number of aryl methyl sites for hydroxylation is 4. The van der Waals surface area contributed by atoms with E-state index in [2.05, 4.69) is 122 Å². The number of nitriles is 1. The number of thioether (sulfide) groups is 2. The Morgan fingerprint density at radius 1 is 0.443 bits per heavy atom. The lowest BCUT2D eigenvalue weighted by molar-refractivity contribution is -0.144. The van der Waals surface area contributed by atoms with Crippen LogP contribution in [-0.2, 0) is 56.4 Å². The molecular formula is C94H63Cl2F15N28O2S8. The molecule has 0 unspecified atom stereocenters. The monoisotopic (exact) mass is 2230 g/mol. The molecule has 0 bridgehead atoms. The van der Waals surface area contributed by atoms with Crippen LogP contribution < -0.4 is 14.9 Å². The molecule has 149 heavy (non-hydrogen) atoms. The van der Waals surface area contributed by atoms with Crippen LogP contribution in [0.25, 0.3) is 66.3 Å². The second-order valence-electron chi connectivity index (χ2n) is 30.9. The van der Waals surface area contributed by atoms with Crippen LogP contribution in [0.3, 0.4) is 0 Å². The third kappa shape index (κ3) is 30.2. The smallest absolute Gasteiger partial charge is 0.416 e. The van der Waals surface area contributed by atoms with Crippen LogP contribution in [0, 0.1) is 39.0 Å². The first-order valence-corrected chi connectivity index (χ1v) is 50.3. The van der Waals surface area contributed by atoms with Crippen LogP contribution in [0.2, 0.25) is 10.3 Å². The van der Waals surface area contributed by atoms with Crippen molar-refractivity contribution >= 4 is 129 Å². The van der Waals surface area contributed by atoms with Crippen molar-refractivity contribution in [3.8, 4) is 63.1 Å². The zero-order valence-corrected chi connectivity index (χ0v) is 84.4. The SMILES string of the molecule is CSc1nc(Cl)c2c(n1)Sc1nnc(-c3cc(C)cc(C(F)(F)F)c3)n1NC2.Cc1ccc(Sc2cc(Sc3n[nH]c(-c4cc(C(F)(F)F)cc(C(F)(F)F)c4)n3)nc(Sc3ccc(C)cn3)n2)nc1.Cc1ccc(Sc2nc(Cl)cc(Sc3n[nH]c(-c4cc(C(F)(F)F)cc(C(F)(F)F)c4)n3)n2)nc1.N#Cc1c(OCc2ccc(N=[N+]=[N-])cc2)nc(SCc2ccc(N=[N+]=[N-])cc2)nc1-c1ccc(OCc2ccccc2)cc1. The molecule has 17 aromatic rings. The Morgan fingerprint density at radius 2 is 0.913 bits per heavy atom. The summed E-state index contributed by atoms with van der Waals surface area (Å²) in [5.41, 5.74) is 22.6. The number of hydrogen-bond donors (Lipinski definition) is 3. The number of fused-ring (bicyclic) bond motifs is 2. The predicted octanol–water partition coefficient (Wildman–Crippen LogP) is 29.1. The number of hydrogen-bond acceptors (Lipinski definition) is 31. The second-order valence-corrected chi connectivity index (χ2v) is 39.3. The summed E-state index contributed by atoms with van der Waals surface area (Å²) in [6.45, 7) is 8.18. The van der Waals surface area contributed by atoms with Gasteiger partial charge in [0.25, 0.3) is 0 Å². The van der Waals surface area contributed by atoms with Gasteiger partial charge >= 0.3 is 30.9 Å². The Hall–Kier alpha value is -14.4. The van der Waals surface area contributed by atoms with Gasteiger partial charge in [-0.3, -0.25) is 10.2 Å². The van der Waals surface area contributed by atoms with Crippen LogP contribution in [0.15, 0.2) is 306 Å². The summed E-state index contributed by atoms with van der Waals surface area (Å²) in [6.07, 6.45) is -17.4. The topological polar surface area (TPSA) is 407 Å². The molecule has 0 aliphatic carbocycles. The summed E-state index contributed by atoms with van der Waals surface area (Å²) in [5.74, 6) is 1.11. The van der Waals surface area contributed by atoms with Gasteiger partial charge in [-0.05, 0) is 252 Å². The third-order valence-electron chi connectivity index (χ3n) is 19.9. The lowest BCUT2D eigenvalue weighted by Gasteiger charge is -2.13. The van der Waals surface area contributed by atoms with Crippen molar-refractivity contribution in [2.75, 3.05) is 11.7 Å². The zero-order valence-electron chi connectivity index (χ0n) is 76.4. The molecule has 11 heterocycles. The molecule has 0 saturated heterocycles. The summed E-state index contributed by atoms with van der Waals surface area (Å²) < 4.78 is 212. The van der Waals surface area contributed by atoms with Crippen LogP contribution in [0.1, 0.15) is 77.9 Å². The molecule has 0 amide bonds. The molecule has 0 radical (unpaired) electrons. The fourth-order valence-corrected chi connectivity index (χ4v) is 19.5. The van der Waals surface area contributed by atoms with Crippen LogP contribution >= 0.6 is 117 Å². The number of benzene rings is 7. The van der Waals surface area contributed by atoms with Gasteiger partial charge in [-0.15, -0.1) is 20.4 Å². The number of pyridine rings is 3. The van der Waals surface area contributed by atoms with Crippen LogP contribution in [-0.4, -0.2) is 106 Å². The van der Waals surface area contributed by atoms with E-state index in [0.717, 1.165) is 80.8 Å². The number of H-pyrrole nitrogens is 2. The van der Waals surface area contributed by atoms with Gasteiger partial charge in [0.1, 0.15) is 76.1 Å². The lowest BCUT2D eigenvalue weighted by Crippen LogP contribution is -2.16. The van der Waals surface area contributed by atoms with Crippen molar-refractivity contribution in [1.29, 1.82) is 5.26 Å². The maximum atomic E-state index is 13.3. The van der Waals surface area contributed by atoms with E-state index >= 15 is 0 Å². The minimum absolute atomic E-state index is 0.00477. The van der Waals surface area contributed by atoms with Crippen LogP contribution in [0.5, 0.6) is 11.6 Å². The molecular weight excluding hydrogens is 2170 g/mol. The highest BCUT2D eigenvalue weighted by Crippen LogP contribution is 2.46. The highest BCUT2D eigenvalue weighted by Gasteiger charge is 2.40. The summed E-state index contributed by atoms with van der Waals surface area (Å²) in [7, 11) is 0. The molecule has 0 spiro atoms. The standard InChI is InChI=1S/C32H23N9O2S.C26H17F6N7S3.C20H11ClF6N6S2.C16H12ClF3N6S2/c33-18-29-30(25-10-16-28(17-11-25)42-19-22-4-2-1-3-5-22)36-32(44-21-24-8-14-27(15-9-24)39-41-35)37-31(29)43-20-23-6-12-26(13-7-23)38-40-34;1-13-3-5-18(33-11-13)40-20-10-21(36-23(35-20)41-19-6-4-14(2)12-34-19)42-24-37-22(38-39-24)15-7-16(25(27,28)29)9-17(8-15)26(30,31)32;1-9-2-3-14(28-8-9)34-17-29-13(21)7-15(30-17)35-18-31-16(32-33-18)10-4-11(19(22,23)24)6-12(5-10)20(25,26)27;1-7-3-8(5-9(4-7)16(18,19)20)12-24-25-15-26(12)21-6-10-11(17)22-14(27-2)23-13(10)28-15/h1-17H,19-21H2;3-12H,1-2H3,(H,37,38,39);2-8H,1H3,(H,31,32,33);3-5,21H,6H2,1-2H3. The Labute approximate surface area is 877 Å². The number of rotatable bonds is 26. The van der Waals surface area contributed by atoms with Gasteiger partial charge in [0.2, 0.25) is 21.3 Å². The summed E-state index contributed by atoms with van der Waals surface area (Å²) >= 11 is 21.8. The Kier molecular flexibility index (Phi) is 35.2. The van der Waals surface area contributed by atoms with Gasteiger partial charge in [-0.2, -0.15) is 76.1 Å². The maximum absolute atomic E-state index is 13.3. The number of azide groups is 2. The van der Waals surface area contributed by atoms with Gasteiger partial charge in [-0.1, -0.05) is 154 Å². The Morgan fingerprint density at radius 3 is 1.41 bits per heavy atom. The van der Waals surface area contributed by atoms with Gasteiger partial charge in [0, 0.05) is 85.5 Å². The largest absolute Gasteiger partial charge is 0.489 e. The van der Waals surface area contributed by atoms with E-state index in [0.29, 0.717) is 143 Å². The van der Waals surface area contributed by atoms with E-state index in [1.807, 2.05) is 124 Å². The highest BCUT2D eigenvalue weighted by molar-refractivity contribution is 8.01. The normalized spacial score (nSPS) is 11.8. The molecule has 1 aliphatic heterocycles. The first kappa shape index (κ1) is 109. The minimum Gasteiger partial charge on any atom is -0.489 e. The van der Waals surface area contributed by atoms with Gasteiger partial charge in [-0.25, -0.2) is 64.5 Å². The second kappa shape index (κ2) is 48.3. The van der Waals surface area contributed by atoms with E-state index < -0.39 is 69.8 Å². The van der Waals surface area contributed by atoms with E-state index in [-0.39, 0.29) is 74.8 Å². The van der Waals surface area contributed by atoms with Crippen molar-refractivity contribution in [2.24, 2.45) is 10.2 Å². The predicted molar refractivity (Wildman–Crippen MR) is 529 cm³/mol. The third-order valence-corrected chi connectivity index (χ3v) is 26.9. The average molecular weight is 2230 g/mol. The first-order chi connectivity index (χ1) is 71.1. The molecule has 7 aromatic carbocycles. The summed E-state index contributed by atoms with van der Waals surface area (Å²) in [6, 6.07) is 54.0. The first-order valence-electron chi connectivity index (χ1n) is 42.4. The minimum atomic E-state index is -4.99. The maximum Gasteiger partial charge on any atom is 0.416 e.